The first kappa shape index (κ1) is 16.0. The average Bonchev–Trinajstić information content (AvgIpc) is 2.35. The lowest BCUT2D eigenvalue weighted by molar-refractivity contribution is -0.139. The van der Waals surface area contributed by atoms with Gasteiger partial charge in [-0.15, -0.1) is 6.58 Å². The third-order valence-electron chi connectivity index (χ3n) is 2.79. The number of allylic oxidation sites excluding steroid dienone is 2. The molecule has 0 aromatic heterocycles. The molecule has 0 aromatic carbocycles. The normalized spacial score (nSPS) is 11.3. The summed E-state index contributed by atoms with van der Waals surface area (Å²) >= 11 is 0. The molecule has 0 aliphatic heterocycles. The average molecular weight is 238 g/mol. The summed E-state index contributed by atoms with van der Waals surface area (Å²) in [7, 11) is 0. The summed E-state index contributed by atoms with van der Waals surface area (Å²) in [4.78, 5) is 11.3. The van der Waals surface area contributed by atoms with Crippen LogP contribution < -0.4 is 0 Å². The summed E-state index contributed by atoms with van der Waals surface area (Å²) in [5.74, 6) is -0.182. The minimum absolute atomic E-state index is 0.182. The Kier molecular flexibility index (Phi) is 10.7. The Labute approximate surface area is 106 Å². The van der Waals surface area contributed by atoms with Crippen LogP contribution in [0.5, 0.6) is 0 Å². The van der Waals surface area contributed by atoms with E-state index in [1.54, 1.807) is 13.0 Å². The van der Waals surface area contributed by atoms with Gasteiger partial charge in [0.1, 0.15) is 0 Å². The number of esters is 1. The molecule has 0 saturated carbocycles. The fraction of sp³-hybridized carbons (Fsp3) is 0.667. The summed E-state index contributed by atoms with van der Waals surface area (Å²) < 4.78 is 5.12. The van der Waals surface area contributed by atoms with Crippen LogP contribution in [0.15, 0.2) is 24.3 Å². The fourth-order valence-electron chi connectivity index (χ4n) is 1.49. The van der Waals surface area contributed by atoms with Crippen LogP contribution in [0.25, 0.3) is 0 Å². The van der Waals surface area contributed by atoms with Crippen molar-refractivity contribution in [1.82, 2.24) is 0 Å². The molecule has 0 amide bonds. The molecule has 2 heteroatoms. The van der Waals surface area contributed by atoms with E-state index in [0.717, 1.165) is 19.3 Å². The summed E-state index contributed by atoms with van der Waals surface area (Å²) in [6.07, 6.45) is 12.0. The first-order valence-corrected chi connectivity index (χ1v) is 6.63. The van der Waals surface area contributed by atoms with Crippen LogP contribution >= 0.6 is 0 Å². The van der Waals surface area contributed by atoms with Gasteiger partial charge in [-0.05, 0) is 33.1 Å². The first-order chi connectivity index (χ1) is 8.22. The highest BCUT2D eigenvalue weighted by molar-refractivity contribution is 5.87. The molecule has 0 aliphatic carbocycles. The van der Waals surface area contributed by atoms with Crippen LogP contribution in [-0.4, -0.2) is 12.6 Å². The minimum atomic E-state index is -0.182. The number of hydrogen-bond acceptors (Lipinski definition) is 2. The Morgan fingerprint density at radius 3 is 2.29 bits per heavy atom. The topological polar surface area (TPSA) is 26.3 Å². The molecule has 0 spiro atoms. The summed E-state index contributed by atoms with van der Waals surface area (Å²) in [6, 6.07) is 0. The Balaban J connectivity index is 3.24. The molecule has 2 nitrogen and oxygen atoms in total. The van der Waals surface area contributed by atoms with Gasteiger partial charge in [0.05, 0.1) is 6.61 Å². The molecule has 0 aliphatic rings. The summed E-state index contributed by atoms with van der Waals surface area (Å²) in [6.45, 7) is 7.88. The third kappa shape index (κ3) is 9.86. The van der Waals surface area contributed by atoms with Crippen LogP contribution in [0.3, 0.4) is 0 Å². The van der Waals surface area contributed by atoms with Crippen molar-refractivity contribution >= 4 is 5.97 Å². The lowest BCUT2D eigenvalue weighted by Crippen LogP contribution is -2.06. The molecule has 0 aromatic rings. The molecule has 0 atom stereocenters. The third-order valence-corrected chi connectivity index (χ3v) is 2.79. The Morgan fingerprint density at radius 2 is 1.71 bits per heavy atom. The van der Waals surface area contributed by atoms with Crippen molar-refractivity contribution in [3.05, 3.63) is 24.3 Å². The smallest absolute Gasteiger partial charge is 0.333 e. The van der Waals surface area contributed by atoms with E-state index in [1.807, 2.05) is 13.0 Å². The van der Waals surface area contributed by atoms with Gasteiger partial charge in [-0.1, -0.05) is 37.8 Å². The number of carbonyl (C=O) groups excluding carboxylic acids is 1. The van der Waals surface area contributed by atoms with E-state index in [9.17, 15) is 4.79 Å². The molecule has 0 fully saturated rings. The van der Waals surface area contributed by atoms with Crippen LogP contribution in [0, 0.1) is 0 Å². The van der Waals surface area contributed by atoms with Crippen molar-refractivity contribution in [2.24, 2.45) is 0 Å². The van der Waals surface area contributed by atoms with E-state index in [2.05, 4.69) is 6.58 Å². The highest BCUT2D eigenvalue weighted by Crippen LogP contribution is 2.07. The van der Waals surface area contributed by atoms with Crippen LogP contribution in [0.4, 0.5) is 0 Å². The van der Waals surface area contributed by atoms with Crippen molar-refractivity contribution in [3.63, 3.8) is 0 Å². The molecule has 0 saturated heterocycles. The number of carbonyl (C=O) groups is 1. The Bertz CT molecular complexity index is 241. The maximum Gasteiger partial charge on any atom is 0.333 e. The van der Waals surface area contributed by atoms with Crippen molar-refractivity contribution < 1.29 is 9.53 Å². The van der Waals surface area contributed by atoms with Gasteiger partial charge in [0.25, 0.3) is 0 Å². The second-order valence-corrected chi connectivity index (χ2v) is 4.31. The molecule has 0 N–H and O–H groups in total. The Hall–Kier alpha value is -1.05. The lowest BCUT2D eigenvalue weighted by atomic mass is 10.1. The highest BCUT2D eigenvalue weighted by Gasteiger charge is 2.03. The van der Waals surface area contributed by atoms with Gasteiger partial charge in [0.15, 0.2) is 0 Å². The number of ether oxygens (including phenoxy) is 1. The van der Waals surface area contributed by atoms with E-state index < -0.39 is 0 Å². The van der Waals surface area contributed by atoms with Gasteiger partial charge >= 0.3 is 5.97 Å². The van der Waals surface area contributed by atoms with Crippen molar-refractivity contribution in [2.75, 3.05) is 6.61 Å². The van der Waals surface area contributed by atoms with Crippen molar-refractivity contribution in [2.45, 2.75) is 58.8 Å². The fourth-order valence-corrected chi connectivity index (χ4v) is 1.49. The lowest BCUT2D eigenvalue weighted by Gasteiger charge is -2.04. The van der Waals surface area contributed by atoms with E-state index >= 15 is 0 Å². The van der Waals surface area contributed by atoms with E-state index in [0.29, 0.717) is 12.2 Å². The monoisotopic (exact) mass is 238 g/mol. The number of rotatable bonds is 10. The predicted octanol–water partition coefficient (Wildman–Crippen LogP) is 4.41. The van der Waals surface area contributed by atoms with E-state index in [1.165, 1.54) is 25.7 Å². The zero-order valence-corrected chi connectivity index (χ0v) is 11.3. The van der Waals surface area contributed by atoms with Gasteiger partial charge in [-0.2, -0.15) is 0 Å². The molecule has 0 unspecified atom stereocenters. The second kappa shape index (κ2) is 11.4. The quantitative estimate of drug-likeness (QED) is 0.244. The summed E-state index contributed by atoms with van der Waals surface area (Å²) in [5.41, 5.74) is 0.689. The maximum absolute atomic E-state index is 11.3. The molecule has 0 bridgehead atoms. The van der Waals surface area contributed by atoms with E-state index in [4.69, 9.17) is 4.74 Å². The van der Waals surface area contributed by atoms with Gasteiger partial charge in [-0.25, -0.2) is 4.79 Å². The number of hydrogen-bond donors (Lipinski definition) is 0. The Morgan fingerprint density at radius 1 is 1.12 bits per heavy atom. The SMILES string of the molecule is C=CCCCCCCCCOC(=O)/C(C)=C/C. The predicted molar refractivity (Wildman–Crippen MR) is 72.9 cm³/mol. The van der Waals surface area contributed by atoms with Crippen LogP contribution in [-0.2, 0) is 9.53 Å². The molecule has 17 heavy (non-hydrogen) atoms. The standard InChI is InChI=1S/C15H26O2/c1-4-6-7-8-9-10-11-12-13-17-15(16)14(3)5-2/h4-5H,1,6-13H2,2-3H3/b14-5+. The van der Waals surface area contributed by atoms with Crippen molar-refractivity contribution in [1.29, 1.82) is 0 Å². The first-order valence-electron chi connectivity index (χ1n) is 6.63. The zero-order chi connectivity index (χ0) is 12.9. The molecule has 0 heterocycles. The minimum Gasteiger partial charge on any atom is -0.462 e. The molecular weight excluding hydrogens is 212 g/mol. The van der Waals surface area contributed by atoms with Gasteiger partial charge < -0.3 is 4.74 Å². The second-order valence-electron chi connectivity index (χ2n) is 4.31. The van der Waals surface area contributed by atoms with Gasteiger partial charge in [0, 0.05) is 5.57 Å². The maximum atomic E-state index is 11.3. The van der Waals surface area contributed by atoms with Crippen LogP contribution in [0.1, 0.15) is 58.8 Å². The number of unbranched alkanes of at least 4 members (excludes halogenated alkanes) is 6. The van der Waals surface area contributed by atoms with Crippen LogP contribution in [0.2, 0.25) is 0 Å². The van der Waals surface area contributed by atoms with Gasteiger partial charge in [-0.3, -0.25) is 0 Å². The highest BCUT2D eigenvalue weighted by atomic mass is 16.5. The molecule has 98 valence electrons. The van der Waals surface area contributed by atoms with E-state index in [-0.39, 0.29) is 5.97 Å². The molecular formula is C15H26O2. The largest absolute Gasteiger partial charge is 0.462 e. The molecule has 0 radical (unpaired) electrons. The zero-order valence-electron chi connectivity index (χ0n) is 11.3. The summed E-state index contributed by atoms with van der Waals surface area (Å²) in [5, 5.41) is 0. The molecule has 0 rings (SSSR count). The van der Waals surface area contributed by atoms with Gasteiger partial charge in [0.2, 0.25) is 0 Å². The van der Waals surface area contributed by atoms with Crippen molar-refractivity contribution in [3.8, 4) is 0 Å².